The van der Waals surface area contributed by atoms with Crippen molar-refractivity contribution in [2.45, 2.75) is 19.1 Å². The first kappa shape index (κ1) is 15.4. The molecule has 2 aliphatic heterocycles. The van der Waals surface area contributed by atoms with Gasteiger partial charge in [0, 0.05) is 31.4 Å². The number of piperidine rings is 1. The van der Waals surface area contributed by atoms with Crippen LogP contribution >= 0.6 is 0 Å². The molecule has 2 aliphatic rings. The summed E-state index contributed by atoms with van der Waals surface area (Å²) in [6, 6.07) is 5.77. The molecule has 0 bridgehead atoms. The van der Waals surface area contributed by atoms with E-state index in [4.69, 9.17) is 9.15 Å². The van der Waals surface area contributed by atoms with Gasteiger partial charge in [-0.2, -0.15) is 0 Å². The number of ether oxygens (including phenoxy) is 1. The van der Waals surface area contributed by atoms with Gasteiger partial charge in [0.15, 0.2) is 0 Å². The van der Waals surface area contributed by atoms with Crippen LogP contribution in [-0.4, -0.2) is 48.1 Å². The maximum atomic E-state index is 13.0. The maximum absolute atomic E-state index is 13.0. The Morgan fingerprint density at radius 3 is 3.04 bits per heavy atom. The second-order valence-electron chi connectivity index (χ2n) is 6.37. The summed E-state index contributed by atoms with van der Waals surface area (Å²) in [5.74, 6) is 0.0850. The van der Waals surface area contributed by atoms with Gasteiger partial charge in [-0.25, -0.2) is 0 Å². The molecule has 0 aromatic carbocycles. The number of likely N-dealkylation sites (tertiary alicyclic amines) is 1. The summed E-state index contributed by atoms with van der Waals surface area (Å²) in [4.78, 5) is 21.3. The first-order chi connectivity index (χ1) is 11.8. The monoisotopic (exact) mass is 327 g/mol. The summed E-state index contributed by atoms with van der Waals surface area (Å²) in [5.41, 5.74) is 2.01. The Bertz CT molecular complexity index is 674. The number of anilines is 1. The summed E-state index contributed by atoms with van der Waals surface area (Å²) in [6.07, 6.45) is 7.71. The van der Waals surface area contributed by atoms with Crippen LogP contribution in [0.2, 0.25) is 0 Å². The lowest BCUT2D eigenvalue weighted by atomic mass is 9.92. The van der Waals surface area contributed by atoms with Gasteiger partial charge in [0.05, 0.1) is 43.0 Å². The van der Waals surface area contributed by atoms with Crippen LogP contribution in [0.15, 0.2) is 47.5 Å². The van der Waals surface area contributed by atoms with Crippen LogP contribution < -0.4 is 4.90 Å². The topological polar surface area (TPSA) is 58.8 Å². The first-order valence-corrected chi connectivity index (χ1v) is 8.38. The van der Waals surface area contributed by atoms with Crippen molar-refractivity contribution < 1.29 is 13.9 Å². The van der Waals surface area contributed by atoms with Crippen molar-refractivity contribution in [2.75, 3.05) is 31.1 Å². The van der Waals surface area contributed by atoms with Gasteiger partial charge in [-0.3, -0.25) is 14.7 Å². The zero-order valence-corrected chi connectivity index (χ0v) is 13.5. The van der Waals surface area contributed by atoms with Gasteiger partial charge >= 0.3 is 0 Å². The van der Waals surface area contributed by atoms with Crippen LogP contribution in [0.3, 0.4) is 0 Å². The summed E-state index contributed by atoms with van der Waals surface area (Å²) < 4.78 is 11.2. The fourth-order valence-corrected chi connectivity index (χ4v) is 3.59. The number of pyridine rings is 1. The molecule has 0 spiro atoms. The summed E-state index contributed by atoms with van der Waals surface area (Å²) in [6.45, 7) is 3.65. The van der Waals surface area contributed by atoms with E-state index in [0.29, 0.717) is 13.2 Å². The zero-order valence-electron chi connectivity index (χ0n) is 13.5. The average Bonchev–Trinajstić information content (AvgIpc) is 3.06. The van der Waals surface area contributed by atoms with E-state index < -0.39 is 0 Å². The number of amides is 1. The summed E-state index contributed by atoms with van der Waals surface area (Å²) >= 11 is 0. The van der Waals surface area contributed by atoms with Crippen molar-refractivity contribution in [3.8, 4) is 0 Å². The number of rotatable bonds is 3. The van der Waals surface area contributed by atoms with Gasteiger partial charge in [0.1, 0.15) is 0 Å². The highest BCUT2D eigenvalue weighted by atomic mass is 16.5. The molecular formula is C18H21N3O3. The van der Waals surface area contributed by atoms with E-state index in [2.05, 4.69) is 9.88 Å². The fraction of sp³-hybridized carbons (Fsp3) is 0.444. The quantitative estimate of drug-likeness (QED) is 0.862. The molecule has 4 rings (SSSR count). The van der Waals surface area contributed by atoms with Crippen LogP contribution in [0, 0.1) is 5.92 Å². The number of hydrogen-bond donors (Lipinski definition) is 0. The minimum absolute atomic E-state index is 0.0418. The molecule has 2 saturated heterocycles. The van der Waals surface area contributed by atoms with Crippen molar-refractivity contribution in [2.24, 2.45) is 5.92 Å². The number of furan rings is 1. The van der Waals surface area contributed by atoms with Gasteiger partial charge in [-0.15, -0.1) is 0 Å². The fourth-order valence-electron chi connectivity index (χ4n) is 3.59. The standard InChI is InChI=1S/C18H21N3O3/c22-18-16-3-6-20(11-14-4-8-23-13-14)12-17(16)24-9-7-21(18)15-2-1-5-19-10-15/h1-2,4-5,8,10,13,16-17H,3,6-7,9,11-12H2/t16-,17+/m1/s1. The second-order valence-corrected chi connectivity index (χ2v) is 6.37. The third kappa shape index (κ3) is 3.07. The number of aromatic nitrogens is 1. The molecule has 0 unspecified atom stereocenters. The Morgan fingerprint density at radius 2 is 2.25 bits per heavy atom. The van der Waals surface area contributed by atoms with E-state index in [0.717, 1.165) is 37.3 Å². The highest BCUT2D eigenvalue weighted by molar-refractivity contribution is 5.95. The van der Waals surface area contributed by atoms with Gasteiger partial charge < -0.3 is 14.1 Å². The Labute approximate surface area is 141 Å². The third-order valence-electron chi connectivity index (χ3n) is 4.82. The number of carbonyl (C=O) groups is 1. The lowest BCUT2D eigenvalue weighted by Gasteiger charge is -2.36. The largest absolute Gasteiger partial charge is 0.472 e. The number of hydrogen-bond acceptors (Lipinski definition) is 5. The molecular weight excluding hydrogens is 306 g/mol. The highest BCUT2D eigenvalue weighted by Crippen LogP contribution is 2.28. The molecule has 1 amide bonds. The minimum Gasteiger partial charge on any atom is -0.472 e. The van der Waals surface area contributed by atoms with Crippen molar-refractivity contribution in [3.05, 3.63) is 48.7 Å². The number of nitrogens with zero attached hydrogens (tertiary/aromatic N) is 3. The summed E-state index contributed by atoms with van der Waals surface area (Å²) in [5, 5.41) is 0. The minimum atomic E-state index is -0.0756. The number of fused-ring (bicyclic) bond motifs is 1. The predicted molar refractivity (Wildman–Crippen MR) is 88.4 cm³/mol. The highest BCUT2D eigenvalue weighted by Gasteiger charge is 2.39. The van der Waals surface area contributed by atoms with Gasteiger partial charge in [0.2, 0.25) is 5.91 Å². The average molecular weight is 327 g/mol. The molecule has 0 radical (unpaired) electrons. The zero-order chi connectivity index (χ0) is 16.4. The molecule has 0 aliphatic carbocycles. The molecule has 2 aromatic rings. The predicted octanol–water partition coefficient (Wildman–Crippen LogP) is 1.93. The van der Waals surface area contributed by atoms with Crippen LogP contribution in [0.1, 0.15) is 12.0 Å². The molecule has 4 heterocycles. The van der Waals surface area contributed by atoms with Crippen LogP contribution in [0.25, 0.3) is 0 Å². The lowest BCUT2D eigenvalue weighted by molar-refractivity contribution is -0.128. The SMILES string of the molecule is O=C1[C@@H]2CCN(Cc3ccoc3)C[C@@H]2OCCN1c1cccnc1. The summed E-state index contributed by atoms with van der Waals surface area (Å²) in [7, 11) is 0. The molecule has 2 atom stereocenters. The maximum Gasteiger partial charge on any atom is 0.232 e. The van der Waals surface area contributed by atoms with Crippen molar-refractivity contribution >= 4 is 11.6 Å². The molecule has 0 N–H and O–H groups in total. The van der Waals surface area contributed by atoms with Crippen molar-refractivity contribution in [1.29, 1.82) is 0 Å². The van der Waals surface area contributed by atoms with E-state index in [1.54, 1.807) is 24.9 Å². The van der Waals surface area contributed by atoms with Gasteiger partial charge in [0.25, 0.3) is 0 Å². The third-order valence-corrected chi connectivity index (χ3v) is 4.82. The first-order valence-electron chi connectivity index (χ1n) is 8.38. The lowest BCUT2D eigenvalue weighted by Crippen LogP contribution is -2.49. The molecule has 6 nitrogen and oxygen atoms in total. The smallest absolute Gasteiger partial charge is 0.232 e. The molecule has 24 heavy (non-hydrogen) atoms. The molecule has 2 aromatic heterocycles. The van der Waals surface area contributed by atoms with Gasteiger partial charge in [-0.1, -0.05) is 0 Å². The van der Waals surface area contributed by atoms with Crippen LogP contribution in [-0.2, 0) is 16.1 Å². The van der Waals surface area contributed by atoms with E-state index in [1.165, 1.54) is 0 Å². The van der Waals surface area contributed by atoms with E-state index in [1.807, 2.05) is 23.1 Å². The van der Waals surface area contributed by atoms with E-state index >= 15 is 0 Å². The van der Waals surface area contributed by atoms with Crippen LogP contribution in [0.5, 0.6) is 0 Å². The Hall–Kier alpha value is -2.18. The van der Waals surface area contributed by atoms with Crippen LogP contribution in [0.4, 0.5) is 5.69 Å². The Kier molecular flexibility index (Phi) is 4.32. The van der Waals surface area contributed by atoms with Crippen molar-refractivity contribution in [1.82, 2.24) is 9.88 Å². The van der Waals surface area contributed by atoms with E-state index in [-0.39, 0.29) is 17.9 Å². The molecule has 0 saturated carbocycles. The Balaban J connectivity index is 1.46. The Morgan fingerprint density at radius 1 is 1.29 bits per heavy atom. The van der Waals surface area contributed by atoms with E-state index in [9.17, 15) is 4.79 Å². The molecule has 6 heteroatoms. The molecule has 126 valence electrons. The molecule has 2 fully saturated rings. The number of carbonyl (C=O) groups excluding carboxylic acids is 1. The van der Waals surface area contributed by atoms with Crippen molar-refractivity contribution in [3.63, 3.8) is 0 Å². The second kappa shape index (κ2) is 6.75. The normalized spacial score (nSPS) is 25.3. The van der Waals surface area contributed by atoms with Gasteiger partial charge in [-0.05, 0) is 31.2 Å².